The summed E-state index contributed by atoms with van der Waals surface area (Å²) >= 11 is 12.4. The fourth-order valence-electron chi connectivity index (χ4n) is 2.86. The van der Waals surface area contributed by atoms with Crippen LogP contribution in [0, 0.1) is 20.8 Å². The molecule has 0 N–H and O–H groups in total. The van der Waals surface area contributed by atoms with E-state index in [-0.39, 0.29) is 23.2 Å². The van der Waals surface area contributed by atoms with Crippen LogP contribution in [0.4, 0.5) is 0 Å². The Morgan fingerprint density at radius 1 is 0.966 bits per heavy atom. The molecule has 1 heterocycles. The van der Waals surface area contributed by atoms with E-state index in [1.807, 2.05) is 45.0 Å². The smallest absolute Gasteiger partial charge is 0.344 e. The predicted octanol–water partition coefficient (Wildman–Crippen LogP) is 5.27. The second-order valence-electron chi connectivity index (χ2n) is 6.71. The van der Waals surface area contributed by atoms with Gasteiger partial charge in [0.25, 0.3) is 0 Å². The summed E-state index contributed by atoms with van der Waals surface area (Å²) in [4.78, 5) is 28.8. The van der Waals surface area contributed by atoms with Crippen molar-refractivity contribution in [3.8, 4) is 5.75 Å². The first-order valence-corrected chi connectivity index (χ1v) is 9.66. The van der Waals surface area contributed by atoms with Crippen molar-refractivity contribution < 1.29 is 19.1 Å². The van der Waals surface area contributed by atoms with Crippen LogP contribution in [0.1, 0.15) is 27.2 Å². The molecule has 0 fully saturated rings. The fraction of sp³-hybridized carbons (Fsp3) is 0.227. The molecule has 0 saturated heterocycles. The Hall–Kier alpha value is -2.63. The van der Waals surface area contributed by atoms with Gasteiger partial charge in [0, 0.05) is 16.6 Å². The summed E-state index contributed by atoms with van der Waals surface area (Å²) in [6.07, 6.45) is 0. The number of ketones is 1. The first-order valence-electron chi connectivity index (χ1n) is 8.90. The summed E-state index contributed by atoms with van der Waals surface area (Å²) in [5, 5.41) is 1.33. The number of benzene rings is 2. The average Bonchev–Trinajstić information content (AvgIpc) is 2.67. The molecule has 0 aliphatic rings. The van der Waals surface area contributed by atoms with E-state index in [1.54, 1.807) is 6.07 Å². The first-order chi connectivity index (χ1) is 13.8. The van der Waals surface area contributed by atoms with E-state index in [0.717, 1.165) is 16.8 Å². The Labute approximate surface area is 178 Å². The number of nitrogens with zero attached hydrogens (tertiary/aromatic N) is 1. The monoisotopic (exact) mass is 431 g/mol. The van der Waals surface area contributed by atoms with Gasteiger partial charge in [-0.3, -0.25) is 4.79 Å². The number of Topliss-reactive ketones (excluding diaryl/α,β-unsaturated/α-hetero) is 1. The Morgan fingerprint density at radius 2 is 1.72 bits per heavy atom. The van der Waals surface area contributed by atoms with Crippen molar-refractivity contribution in [2.45, 2.75) is 20.8 Å². The molecule has 0 atom stereocenters. The molecule has 29 heavy (non-hydrogen) atoms. The Bertz CT molecular complexity index is 1110. The molecular formula is C22H19Cl2NO4. The summed E-state index contributed by atoms with van der Waals surface area (Å²) in [6.45, 7) is 4.78. The third-order valence-corrected chi connectivity index (χ3v) is 4.96. The molecule has 3 aromatic rings. The Kier molecular flexibility index (Phi) is 6.40. The van der Waals surface area contributed by atoms with Crippen LogP contribution in [-0.4, -0.2) is 30.0 Å². The van der Waals surface area contributed by atoms with Crippen molar-refractivity contribution in [1.82, 2.24) is 4.98 Å². The number of aromatic nitrogens is 1. The average molecular weight is 432 g/mol. The lowest BCUT2D eigenvalue weighted by Gasteiger charge is -2.12. The minimum Gasteiger partial charge on any atom is -0.478 e. The Balaban J connectivity index is 1.68. The molecule has 3 rings (SSSR count). The van der Waals surface area contributed by atoms with Gasteiger partial charge < -0.3 is 9.47 Å². The molecule has 0 bridgehead atoms. The van der Waals surface area contributed by atoms with Gasteiger partial charge in [0.2, 0.25) is 5.78 Å². The van der Waals surface area contributed by atoms with Crippen LogP contribution in [-0.2, 0) is 9.53 Å². The number of hydrogen-bond donors (Lipinski definition) is 0. The highest BCUT2D eigenvalue weighted by atomic mass is 35.5. The highest BCUT2D eigenvalue weighted by Crippen LogP contribution is 2.37. The van der Waals surface area contributed by atoms with Gasteiger partial charge in [-0.2, -0.15) is 0 Å². The van der Waals surface area contributed by atoms with Gasteiger partial charge in [0.05, 0.1) is 10.0 Å². The van der Waals surface area contributed by atoms with E-state index in [4.69, 9.17) is 32.7 Å². The summed E-state index contributed by atoms with van der Waals surface area (Å²) in [7, 11) is 0. The van der Waals surface area contributed by atoms with Crippen LogP contribution < -0.4 is 4.74 Å². The minimum atomic E-state index is -0.685. The van der Waals surface area contributed by atoms with Gasteiger partial charge in [0.1, 0.15) is 5.52 Å². The zero-order valence-electron chi connectivity index (χ0n) is 16.2. The number of carbonyl (C=O) groups excluding carboxylic acids is 2. The summed E-state index contributed by atoms with van der Waals surface area (Å²) in [5.41, 5.74) is 3.53. The molecule has 1 aromatic heterocycles. The van der Waals surface area contributed by atoms with Crippen molar-refractivity contribution >= 4 is 45.9 Å². The van der Waals surface area contributed by atoms with E-state index in [1.165, 1.54) is 6.07 Å². The first kappa shape index (κ1) is 21.1. The van der Waals surface area contributed by atoms with Crippen molar-refractivity contribution in [3.05, 3.63) is 68.8 Å². The maximum atomic E-state index is 12.3. The zero-order chi connectivity index (χ0) is 21.1. The maximum absolute atomic E-state index is 12.3. The van der Waals surface area contributed by atoms with Gasteiger partial charge in [-0.25, -0.2) is 9.78 Å². The Morgan fingerprint density at radius 3 is 2.48 bits per heavy atom. The van der Waals surface area contributed by atoms with Crippen LogP contribution in [0.5, 0.6) is 5.75 Å². The molecule has 7 heteroatoms. The van der Waals surface area contributed by atoms with E-state index in [2.05, 4.69) is 4.98 Å². The number of hydrogen-bond acceptors (Lipinski definition) is 5. The van der Waals surface area contributed by atoms with E-state index >= 15 is 0 Å². The van der Waals surface area contributed by atoms with Gasteiger partial charge in [0.15, 0.2) is 19.0 Å². The molecule has 150 valence electrons. The minimum absolute atomic E-state index is 0.236. The second kappa shape index (κ2) is 8.80. The van der Waals surface area contributed by atoms with Crippen LogP contribution in [0.3, 0.4) is 0 Å². The molecule has 0 aliphatic carbocycles. The van der Waals surface area contributed by atoms with E-state index in [0.29, 0.717) is 21.5 Å². The van der Waals surface area contributed by atoms with Crippen LogP contribution >= 0.6 is 23.2 Å². The topological polar surface area (TPSA) is 65.5 Å². The van der Waals surface area contributed by atoms with Crippen LogP contribution in [0.25, 0.3) is 10.9 Å². The molecule has 0 saturated carbocycles. The normalized spacial score (nSPS) is 10.8. The third-order valence-electron chi connectivity index (χ3n) is 4.37. The van der Waals surface area contributed by atoms with Crippen molar-refractivity contribution in [2.75, 3.05) is 13.2 Å². The molecule has 2 aromatic carbocycles. The van der Waals surface area contributed by atoms with E-state index in [9.17, 15) is 9.59 Å². The van der Waals surface area contributed by atoms with Crippen LogP contribution in [0.15, 0.2) is 36.4 Å². The van der Waals surface area contributed by atoms with Gasteiger partial charge >= 0.3 is 5.97 Å². The van der Waals surface area contributed by atoms with E-state index < -0.39 is 12.6 Å². The number of halogens is 2. The summed E-state index contributed by atoms with van der Waals surface area (Å²) < 4.78 is 10.6. The molecule has 5 nitrogen and oxygen atoms in total. The highest BCUT2D eigenvalue weighted by Gasteiger charge is 2.17. The van der Waals surface area contributed by atoms with Crippen LogP contribution in [0.2, 0.25) is 10.0 Å². The number of fused-ring (bicyclic) bond motifs is 1. The van der Waals surface area contributed by atoms with Crippen molar-refractivity contribution in [3.63, 3.8) is 0 Å². The fourth-order valence-corrected chi connectivity index (χ4v) is 3.43. The number of pyridine rings is 1. The number of rotatable bonds is 6. The number of esters is 1. The van der Waals surface area contributed by atoms with Gasteiger partial charge in [-0.1, -0.05) is 40.9 Å². The zero-order valence-corrected chi connectivity index (χ0v) is 17.7. The predicted molar refractivity (Wildman–Crippen MR) is 113 cm³/mol. The van der Waals surface area contributed by atoms with Crippen molar-refractivity contribution in [1.29, 1.82) is 0 Å². The third kappa shape index (κ3) is 4.86. The standard InChI is InChI=1S/C22H19Cl2NO4/c1-12-4-5-13(2)16(8-12)19(26)10-28-20(27)11-29-22-18(24)9-17(23)15-7-6-14(3)25-21(15)22/h4-9H,10-11H2,1-3H3. The lowest BCUT2D eigenvalue weighted by atomic mass is 10.0. The lowest BCUT2D eigenvalue weighted by Crippen LogP contribution is -2.20. The van der Waals surface area contributed by atoms with Gasteiger partial charge in [-0.15, -0.1) is 0 Å². The molecule has 0 spiro atoms. The number of aryl methyl sites for hydroxylation is 3. The number of carbonyl (C=O) groups is 2. The largest absolute Gasteiger partial charge is 0.478 e. The highest BCUT2D eigenvalue weighted by molar-refractivity contribution is 6.39. The quantitative estimate of drug-likeness (QED) is 0.392. The molecule has 0 aliphatic heterocycles. The molecule has 0 radical (unpaired) electrons. The second-order valence-corrected chi connectivity index (χ2v) is 7.52. The maximum Gasteiger partial charge on any atom is 0.344 e. The number of ether oxygens (including phenoxy) is 2. The SMILES string of the molecule is Cc1ccc(C)c(C(=O)COC(=O)COc2c(Cl)cc(Cl)c3ccc(C)nc23)c1. The molecule has 0 unspecified atom stereocenters. The van der Waals surface area contributed by atoms with Gasteiger partial charge in [-0.05, 0) is 50.6 Å². The molecular weight excluding hydrogens is 413 g/mol. The van der Waals surface area contributed by atoms with Crippen molar-refractivity contribution in [2.24, 2.45) is 0 Å². The lowest BCUT2D eigenvalue weighted by molar-refractivity contribution is -0.144. The molecule has 0 amide bonds. The summed E-state index contributed by atoms with van der Waals surface area (Å²) in [6, 6.07) is 10.7. The summed E-state index contributed by atoms with van der Waals surface area (Å²) in [5.74, 6) is -0.713.